The second-order valence-electron chi connectivity index (χ2n) is 4.82. The minimum absolute atomic E-state index is 0.634. The lowest BCUT2D eigenvalue weighted by Gasteiger charge is -2.38. The highest BCUT2D eigenvalue weighted by Gasteiger charge is 2.19. The van der Waals surface area contributed by atoms with Crippen LogP contribution in [0.25, 0.3) is 0 Å². The van der Waals surface area contributed by atoms with E-state index in [1.807, 2.05) is 12.1 Å². The summed E-state index contributed by atoms with van der Waals surface area (Å²) in [7, 11) is 0. The Morgan fingerprint density at radius 1 is 1.12 bits per heavy atom. The Balaban J connectivity index is 2.07. The molecule has 1 aliphatic heterocycles. The first-order valence-electron chi connectivity index (χ1n) is 6.31. The summed E-state index contributed by atoms with van der Waals surface area (Å²) in [6, 6.07) is 8.81. The molecule has 0 aliphatic carbocycles. The highest BCUT2D eigenvalue weighted by atomic mass is 15.3. The zero-order valence-corrected chi connectivity index (χ0v) is 10.7. The third kappa shape index (κ3) is 2.67. The second kappa shape index (κ2) is 5.32. The van der Waals surface area contributed by atoms with Gasteiger partial charge in [-0.15, -0.1) is 0 Å². The van der Waals surface area contributed by atoms with Crippen LogP contribution < -0.4 is 4.90 Å². The van der Waals surface area contributed by atoms with E-state index in [0.717, 1.165) is 31.7 Å². The van der Waals surface area contributed by atoms with Crippen LogP contribution in [0.4, 0.5) is 5.69 Å². The van der Waals surface area contributed by atoms with Crippen LogP contribution >= 0.6 is 0 Å². The first kappa shape index (κ1) is 12.1. The number of anilines is 1. The van der Waals surface area contributed by atoms with Gasteiger partial charge in [-0.1, -0.05) is 18.2 Å². The number of para-hydroxylation sites is 1. The molecule has 2 rings (SSSR count). The summed E-state index contributed by atoms with van der Waals surface area (Å²) < 4.78 is 0. The zero-order chi connectivity index (χ0) is 12.3. The van der Waals surface area contributed by atoms with E-state index in [4.69, 9.17) is 5.41 Å². The molecule has 0 spiro atoms. The van der Waals surface area contributed by atoms with Crippen molar-refractivity contribution in [3.8, 4) is 0 Å². The molecule has 0 amide bonds. The molecule has 3 heteroatoms. The maximum Gasteiger partial charge on any atom is 0.0456 e. The van der Waals surface area contributed by atoms with Gasteiger partial charge in [0.05, 0.1) is 0 Å². The predicted octanol–water partition coefficient (Wildman–Crippen LogP) is 2.21. The molecule has 1 saturated heterocycles. The van der Waals surface area contributed by atoms with Gasteiger partial charge in [0.1, 0.15) is 0 Å². The van der Waals surface area contributed by atoms with Gasteiger partial charge in [-0.3, -0.25) is 4.90 Å². The third-order valence-corrected chi connectivity index (χ3v) is 3.48. The van der Waals surface area contributed by atoms with Gasteiger partial charge in [0.15, 0.2) is 0 Å². The van der Waals surface area contributed by atoms with Gasteiger partial charge in [-0.2, -0.15) is 0 Å². The summed E-state index contributed by atoms with van der Waals surface area (Å²) in [5.74, 6) is 0. The summed E-state index contributed by atoms with van der Waals surface area (Å²) in [6.45, 7) is 8.85. The molecule has 0 radical (unpaired) electrons. The van der Waals surface area contributed by atoms with Crippen LogP contribution in [0.2, 0.25) is 0 Å². The van der Waals surface area contributed by atoms with Crippen molar-refractivity contribution in [2.24, 2.45) is 0 Å². The Hall–Kier alpha value is -1.35. The smallest absolute Gasteiger partial charge is 0.0456 e. The fourth-order valence-electron chi connectivity index (χ4n) is 2.38. The number of nitrogens with zero attached hydrogens (tertiary/aromatic N) is 2. The van der Waals surface area contributed by atoms with Crippen molar-refractivity contribution in [2.45, 2.75) is 19.9 Å². The Labute approximate surface area is 104 Å². The molecule has 3 nitrogen and oxygen atoms in total. The molecule has 1 aromatic rings. The number of nitrogens with one attached hydrogen (secondary N) is 1. The molecule has 1 aliphatic rings. The molecule has 0 aromatic heterocycles. The average Bonchev–Trinajstić information content (AvgIpc) is 2.39. The molecule has 17 heavy (non-hydrogen) atoms. The SMILES string of the molecule is CC(C)N1CCN(c2ccccc2C=N)CC1. The number of hydrogen-bond acceptors (Lipinski definition) is 3. The first-order valence-corrected chi connectivity index (χ1v) is 6.31. The van der Waals surface area contributed by atoms with Crippen LogP contribution in [0, 0.1) is 5.41 Å². The number of piperazine rings is 1. The standard InChI is InChI=1S/C14H21N3/c1-12(2)16-7-9-17(10-8-16)14-6-4-3-5-13(14)11-15/h3-6,11-12,15H,7-10H2,1-2H3. The molecule has 92 valence electrons. The van der Waals surface area contributed by atoms with E-state index in [1.165, 1.54) is 11.9 Å². The van der Waals surface area contributed by atoms with Crippen molar-refractivity contribution in [1.29, 1.82) is 5.41 Å². The van der Waals surface area contributed by atoms with Crippen molar-refractivity contribution in [2.75, 3.05) is 31.1 Å². The van der Waals surface area contributed by atoms with E-state index in [-0.39, 0.29) is 0 Å². The van der Waals surface area contributed by atoms with Crippen LogP contribution in [-0.4, -0.2) is 43.3 Å². The van der Waals surface area contributed by atoms with Gasteiger partial charge in [-0.05, 0) is 19.9 Å². The van der Waals surface area contributed by atoms with E-state index in [1.54, 1.807) is 0 Å². The largest absolute Gasteiger partial charge is 0.368 e. The predicted molar refractivity (Wildman–Crippen MR) is 73.2 cm³/mol. The molecule has 0 saturated carbocycles. The molecular weight excluding hydrogens is 210 g/mol. The fourth-order valence-corrected chi connectivity index (χ4v) is 2.38. The fraction of sp³-hybridized carbons (Fsp3) is 0.500. The summed E-state index contributed by atoms with van der Waals surface area (Å²) >= 11 is 0. The van der Waals surface area contributed by atoms with Crippen LogP contribution in [0.1, 0.15) is 19.4 Å². The number of rotatable bonds is 3. The molecule has 0 atom stereocenters. The lowest BCUT2D eigenvalue weighted by Crippen LogP contribution is -2.49. The molecule has 1 fully saturated rings. The normalized spacial score (nSPS) is 17.5. The molecule has 1 heterocycles. The van der Waals surface area contributed by atoms with E-state index >= 15 is 0 Å². The van der Waals surface area contributed by atoms with Gasteiger partial charge >= 0.3 is 0 Å². The number of hydrogen-bond donors (Lipinski definition) is 1. The van der Waals surface area contributed by atoms with E-state index < -0.39 is 0 Å². The lowest BCUT2D eigenvalue weighted by atomic mass is 10.1. The summed E-state index contributed by atoms with van der Waals surface area (Å²) in [5.41, 5.74) is 2.22. The van der Waals surface area contributed by atoms with E-state index in [9.17, 15) is 0 Å². The maximum atomic E-state index is 7.45. The first-order chi connectivity index (χ1) is 8.22. The quantitative estimate of drug-likeness (QED) is 0.808. The molecule has 0 unspecified atom stereocenters. The lowest BCUT2D eigenvalue weighted by molar-refractivity contribution is 0.209. The van der Waals surface area contributed by atoms with Gasteiger partial charge in [0.25, 0.3) is 0 Å². The van der Waals surface area contributed by atoms with Crippen molar-refractivity contribution >= 4 is 11.9 Å². The minimum atomic E-state index is 0.634. The molecule has 0 bridgehead atoms. The summed E-state index contributed by atoms with van der Waals surface area (Å²) in [5, 5.41) is 7.45. The molecule has 1 N–H and O–H groups in total. The Morgan fingerprint density at radius 3 is 2.35 bits per heavy atom. The van der Waals surface area contributed by atoms with E-state index in [2.05, 4.69) is 35.8 Å². The van der Waals surface area contributed by atoms with Gasteiger partial charge in [0, 0.05) is 49.7 Å². The summed E-state index contributed by atoms with van der Waals surface area (Å²) in [6.07, 6.45) is 1.45. The van der Waals surface area contributed by atoms with E-state index in [0.29, 0.717) is 6.04 Å². The molecule has 1 aromatic carbocycles. The van der Waals surface area contributed by atoms with Crippen molar-refractivity contribution in [1.82, 2.24) is 4.90 Å². The zero-order valence-electron chi connectivity index (χ0n) is 10.7. The van der Waals surface area contributed by atoms with Crippen molar-refractivity contribution < 1.29 is 0 Å². The molecular formula is C14H21N3. The van der Waals surface area contributed by atoms with Crippen LogP contribution in [0.3, 0.4) is 0 Å². The third-order valence-electron chi connectivity index (χ3n) is 3.48. The Kier molecular flexibility index (Phi) is 3.79. The Bertz CT molecular complexity index is 379. The Morgan fingerprint density at radius 2 is 1.76 bits per heavy atom. The maximum absolute atomic E-state index is 7.45. The van der Waals surface area contributed by atoms with Crippen LogP contribution in [0.15, 0.2) is 24.3 Å². The van der Waals surface area contributed by atoms with Gasteiger partial charge in [0.2, 0.25) is 0 Å². The van der Waals surface area contributed by atoms with Gasteiger partial charge in [-0.25, -0.2) is 0 Å². The number of benzene rings is 1. The van der Waals surface area contributed by atoms with Crippen LogP contribution in [0.5, 0.6) is 0 Å². The monoisotopic (exact) mass is 231 g/mol. The summed E-state index contributed by atoms with van der Waals surface area (Å²) in [4.78, 5) is 4.89. The van der Waals surface area contributed by atoms with Gasteiger partial charge < -0.3 is 10.3 Å². The minimum Gasteiger partial charge on any atom is -0.368 e. The van der Waals surface area contributed by atoms with Crippen molar-refractivity contribution in [3.05, 3.63) is 29.8 Å². The topological polar surface area (TPSA) is 30.3 Å². The highest BCUT2D eigenvalue weighted by molar-refractivity contribution is 5.86. The second-order valence-corrected chi connectivity index (χ2v) is 4.82. The van der Waals surface area contributed by atoms with Crippen LogP contribution in [-0.2, 0) is 0 Å². The average molecular weight is 231 g/mol. The highest BCUT2D eigenvalue weighted by Crippen LogP contribution is 2.20. The van der Waals surface area contributed by atoms with Crippen molar-refractivity contribution in [3.63, 3.8) is 0 Å².